The molecule has 1 N–H and O–H groups in total. The van der Waals surface area contributed by atoms with Gasteiger partial charge < -0.3 is 14.6 Å². The Morgan fingerprint density at radius 3 is 2.88 bits per heavy atom. The lowest BCUT2D eigenvalue weighted by Crippen LogP contribution is -2.27. The molecule has 86 valence electrons. The minimum Gasteiger partial charge on any atom is -0.497 e. The van der Waals surface area contributed by atoms with Crippen LogP contribution < -0.4 is 9.47 Å². The van der Waals surface area contributed by atoms with E-state index in [1.54, 1.807) is 7.11 Å². The van der Waals surface area contributed by atoms with Gasteiger partial charge in [-0.3, -0.25) is 0 Å². The molecule has 1 unspecified atom stereocenters. The zero-order chi connectivity index (χ0) is 11.1. The first kappa shape index (κ1) is 9.97. The van der Waals surface area contributed by atoms with Gasteiger partial charge in [-0.1, -0.05) is 0 Å². The number of benzene rings is 1. The van der Waals surface area contributed by atoms with Crippen LogP contribution in [0.3, 0.4) is 0 Å². The molecular formula is C13H16O3. The summed E-state index contributed by atoms with van der Waals surface area (Å²) in [4.78, 5) is 0. The molecule has 1 heterocycles. The molecular weight excluding hydrogens is 204 g/mol. The van der Waals surface area contributed by atoms with Crippen molar-refractivity contribution in [3.8, 4) is 11.5 Å². The fourth-order valence-electron chi connectivity index (χ4n) is 2.34. The topological polar surface area (TPSA) is 38.7 Å². The smallest absolute Gasteiger partial charge is 0.125 e. The van der Waals surface area contributed by atoms with Crippen LogP contribution in [0, 0.1) is 5.92 Å². The Balaban J connectivity index is 1.90. The summed E-state index contributed by atoms with van der Waals surface area (Å²) in [6.07, 6.45) is 2.98. The number of ether oxygens (including phenoxy) is 2. The van der Waals surface area contributed by atoms with Crippen molar-refractivity contribution >= 4 is 0 Å². The van der Waals surface area contributed by atoms with Crippen LogP contribution in [-0.2, 0) is 0 Å². The van der Waals surface area contributed by atoms with Crippen molar-refractivity contribution in [3.05, 3.63) is 23.8 Å². The van der Waals surface area contributed by atoms with E-state index in [9.17, 15) is 5.11 Å². The molecule has 3 rings (SSSR count). The summed E-state index contributed by atoms with van der Waals surface area (Å²) in [5, 5.41) is 10.1. The molecule has 0 bridgehead atoms. The molecule has 1 aromatic rings. The lowest BCUT2D eigenvalue weighted by atomic mass is 9.96. The molecule has 1 saturated carbocycles. The third kappa shape index (κ3) is 1.65. The third-order valence-electron chi connectivity index (χ3n) is 3.46. The number of aliphatic hydroxyl groups excluding tert-OH is 1. The average Bonchev–Trinajstić information content (AvgIpc) is 3.12. The van der Waals surface area contributed by atoms with Gasteiger partial charge in [0.05, 0.1) is 13.2 Å². The first-order valence-electron chi connectivity index (χ1n) is 5.80. The second-order valence-electron chi connectivity index (χ2n) is 4.65. The molecule has 1 aromatic carbocycles. The predicted molar refractivity (Wildman–Crippen MR) is 59.7 cm³/mol. The number of hydrogen-bond acceptors (Lipinski definition) is 3. The predicted octanol–water partition coefficient (Wildman–Crippen LogP) is 2.29. The lowest BCUT2D eigenvalue weighted by molar-refractivity contribution is 0.0548. The molecule has 3 heteroatoms. The third-order valence-corrected chi connectivity index (χ3v) is 3.46. The van der Waals surface area contributed by atoms with Crippen LogP contribution in [0.4, 0.5) is 0 Å². The summed E-state index contributed by atoms with van der Waals surface area (Å²) in [6, 6.07) is 5.63. The molecule has 1 fully saturated rings. The minimum absolute atomic E-state index is 0.205. The van der Waals surface area contributed by atoms with Gasteiger partial charge in [0.25, 0.3) is 0 Å². The van der Waals surface area contributed by atoms with Crippen molar-refractivity contribution in [2.75, 3.05) is 7.11 Å². The lowest BCUT2D eigenvalue weighted by Gasteiger charge is -2.29. The molecule has 1 aliphatic carbocycles. The Bertz CT molecular complexity index is 398. The van der Waals surface area contributed by atoms with Crippen LogP contribution in [0.2, 0.25) is 0 Å². The first-order chi connectivity index (χ1) is 7.78. The number of fused-ring (bicyclic) bond motifs is 1. The van der Waals surface area contributed by atoms with Gasteiger partial charge in [0, 0.05) is 12.0 Å². The molecule has 0 aromatic heterocycles. The largest absolute Gasteiger partial charge is 0.497 e. The van der Waals surface area contributed by atoms with Gasteiger partial charge in [0.1, 0.15) is 17.6 Å². The highest BCUT2D eigenvalue weighted by molar-refractivity contribution is 5.43. The number of hydrogen-bond donors (Lipinski definition) is 1. The Kier molecular flexibility index (Phi) is 2.28. The summed E-state index contributed by atoms with van der Waals surface area (Å²) in [6.45, 7) is 0. The second kappa shape index (κ2) is 3.67. The summed E-state index contributed by atoms with van der Waals surface area (Å²) < 4.78 is 11.1. The monoisotopic (exact) mass is 220 g/mol. The van der Waals surface area contributed by atoms with Crippen LogP contribution in [0.5, 0.6) is 11.5 Å². The molecule has 2 aliphatic rings. The quantitative estimate of drug-likeness (QED) is 0.831. The van der Waals surface area contributed by atoms with E-state index in [0.717, 1.165) is 17.1 Å². The minimum atomic E-state index is -0.413. The van der Waals surface area contributed by atoms with E-state index in [1.165, 1.54) is 12.8 Å². The molecule has 0 spiro atoms. The maximum atomic E-state index is 10.1. The summed E-state index contributed by atoms with van der Waals surface area (Å²) >= 11 is 0. The number of aliphatic hydroxyl groups is 1. The van der Waals surface area contributed by atoms with Crippen molar-refractivity contribution in [2.45, 2.75) is 31.5 Å². The fraction of sp³-hybridized carbons (Fsp3) is 0.538. The van der Waals surface area contributed by atoms with E-state index in [1.807, 2.05) is 18.2 Å². The van der Waals surface area contributed by atoms with Gasteiger partial charge in [-0.05, 0) is 37.0 Å². The number of rotatable bonds is 2. The molecule has 0 saturated heterocycles. The average molecular weight is 220 g/mol. The highest BCUT2D eigenvalue weighted by Crippen LogP contribution is 2.44. The first-order valence-corrected chi connectivity index (χ1v) is 5.80. The maximum Gasteiger partial charge on any atom is 0.125 e. The van der Waals surface area contributed by atoms with Crippen LogP contribution in [0.1, 0.15) is 30.9 Å². The van der Waals surface area contributed by atoms with Crippen LogP contribution in [-0.4, -0.2) is 18.3 Å². The van der Waals surface area contributed by atoms with Gasteiger partial charge in [-0.15, -0.1) is 0 Å². The zero-order valence-corrected chi connectivity index (χ0v) is 9.35. The van der Waals surface area contributed by atoms with E-state index in [2.05, 4.69) is 0 Å². The standard InChI is InChI=1S/C13H16O3/c1-15-9-4-5-12-10(6-9)11(14)7-13(16-12)8-2-3-8/h4-6,8,11,13-14H,2-3,7H2,1H3/t11-,13?/m1/s1. The van der Waals surface area contributed by atoms with E-state index in [0.29, 0.717) is 12.3 Å². The van der Waals surface area contributed by atoms with Crippen molar-refractivity contribution in [1.29, 1.82) is 0 Å². The Morgan fingerprint density at radius 1 is 1.38 bits per heavy atom. The van der Waals surface area contributed by atoms with Gasteiger partial charge >= 0.3 is 0 Å². The van der Waals surface area contributed by atoms with Crippen LogP contribution in [0.25, 0.3) is 0 Å². The van der Waals surface area contributed by atoms with E-state index in [-0.39, 0.29) is 6.10 Å². The van der Waals surface area contributed by atoms with Crippen LogP contribution >= 0.6 is 0 Å². The zero-order valence-electron chi connectivity index (χ0n) is 9.35. The second-order valence-corrected chi connectivity index (χ2v) is 4.65. The normalized spacial score (nSPS) is 28.1. The Hall–Kier alpha value is -1.22. The van der Waals surface area contributed by atoms with Gasteiger partial charge in [-0.2, -0.15) is 0 Å². The highest BCUT2D eigenvalue weighted by atomic mass is 16.5. The molecule has 16 heavy (non-hydrogen) atoms. The summed E-state index contributed by atoms with van der Waals surface area (Å²) in [7, 11) is 1.63. The van der Waals surface area contributed by atoms with Crippen LogP contribution in [0.15, 0.2) is 18.2 Å². The van der Waals surface area contributed by atoms with E-state index >= 15 is 0 Å². The number of methoxy groups -OCH3 is 1. The summed E-state index contributed by atoms with van der Waals surface area (Å²) in [5.41, 5.74) is 0.858. The molecule has 0 amide bonds. The van der Waals surface area contributed by atoms with Crippen molar-refractivity contribution in [2.24, 2.45) is 5.92 Å². The van der Waals surface area contributed by atoms with E-state index in [4.69, 9.17) is 9.47 Å². The Labute approximate surface area is 95.0 Å². The Morgan fingerprint density at radius 2 is 2.19 bits per heavy atom. The van der Waals surface area contributed by atoms with Gasteiger partial charge in [0.2, 0.25) is 0 Å². The van der Waals surface area contributed by atoms with Gasteiger partial charge in [-0.25, -0.2) is 0 Å². The molecule has 3 nitrogen and oxygen atoms in total. The van der Waals surface area contributed by atoms with Crippen molar-refractivity contribution in [3.63, 3.8) is 0 Å². The van der Waals surface area contributed by atoms with Gasteiger partial charge in [0.15, 0.2) is 0 Å². The fourth-order valence-corrected chi connectivity index (χ4v) is 2.34. The molecule has 0 radical (unpaired) electrons. The maximum absolute atomic E-state index is 10.1. The van der Waals surface area contributed by atoms with E-state index < -0.39 is 6.10 Å². The van der Waals surface area contributed by atoms with Crippen molar-refractivity contribution in [1.82, 2.24) is 0 Å². The highest BCUT2D eigenvalue weighted by Gasteiger charge is 2.38. The molecule has 1 aliphatic heterocycles. The van der Waals surface area contributed by atoms with Crippen molar-refractivity contribution < 1.29 is 14.6 Å². The SMILES string of the molecule is COc1ccc2c(c1)[C@H](O)CC(C1CC1)O2. The summed E-state index contributed by atoms with van der Waals surface area (Å²) in [5.74, 6) is 2.24. The molecule has 2 atom stereocenters.